The molecule has 1 aliphatic heterocycles. The van der Waals surface area contributed by atoms with Gasteiger partial charge in [0.15, 0.2) is 12.2 Å². The van der Waals surface area contributed by atoms with Crippen molar-refractivity contribution in [2.75, 3.05) is 13.2 Å². The maximum absolute atomic E-state index is 12.1. The van der Waals surface area contributed by atoms with E-state index in [0.717, 1.165) is 27.7 Å². The van der Waals surface area contributed by atoms with E-state index in [1.54, 1.807) is 0 Å². The molecule has 5 atom stereocenters. The third kappa shape index (κ3) is 7.93. The Labute approximate surface area is 170 Å². The molecule has 14 heteroatoms. The topological polar surface area (TPSA) is 192 Å². The number of rotatable bonds is 8. The van der Waals surface area contributed by atoms with Gasteiger partial charge in [-0.2, -0.15) is 0 Å². The van der Waals surface area contributed by atoms with Gasteiger partial charge in [0.05, 0.1) is 0 Å². The van der Waals surface area contributed by atoms with Gasteiger partial charge in [-0.3, -0.25) is 24.0 Å². The molecule has 0 aromatic rings. The average molecular weight is 430 g/mol. The summed E-state index contributed by atoms with van der Waals surface area (Å²) in [6.07, 6.45) is -5.42. The van der Waals surface area contributed by atoms with Crippen LogP contribution in [0.3, 0.4) is 0 Å². The quantitative estimate of drug-likeness (QED) is 0.172. The average Bonchev–Trinajstić information content (AvgIpc) is 2.62. The fraction of sp³-hybridized carbons (Fsp3) is 0.688. The van der Waals surface area contributed by atoms with Crippen molar-refractivity contribution in [2.45, 2.75) is 58.3 Å². The minimum absolute atomic E-state index is 0.428. The van der Waals surface area contributed by atoms with Crippen LogP contribution in [-0.2, 0) is 47.7 Å². The number of esters is 4. The van der Waals surface area contributed by atoms with Crippen LogP contribution in [0, 0.1) is 0 Å². The Morgan fingerprint density at radius 1 is 0.933 bits per heavy atom. The SMILES string of the molecule is CC(=O)OC[C@@H]1O[C@@H](OC(C)=O)[C@@H](NC(=O)CN=[N+]=[N-])[C@@H](OC(C)=O)[C@@H]1OC(C)=O. The van der Waals surface area contributed by atoms with Crippen molar-refractivity contribution in [1.29, 1.82) is 0 Å². The largest absolute Gasteiger partial charge is 0.463 e. The highest BCUT2D eigenvalue weighted by Gasteiger charge is 2.52. The molecule has 166 valence electrons. The zero-order chi connectivity index (χ0) is 22.8. The second-order valence-corrected chi connectivity index (χ2v) is 6.09. The van der Waals surface area contributed by atoms with Crippen LogP contribution in [0.4, 0.5) is 0 Å². The lowest BCUT2D eigenvalue weighted by molar-refractivity contribution is -0.271. The van der Waals surface area contributed by atoms with Gasteiger partial charge in [0.1, 0.15) is 25.3 Å². The summed E-state index contributed by atoms with van der Waals surface area (Å²) in [6.45, 7) is 3.32. The van der Waals surface area contributed by atoms with E-state index >= 15 is 0 Å². The highest BCUT2D eigenvalue weighted by molar-refractivity contribution is 5.79. The number of ether oxygens (including phenoxy) is 5. The molecule has 0 spiro atoms. The molecule has 1 rings (SSSR count). The van der Waals surface area contributed by atoms with Crippen molar-refractivity contribution in [3.63, 3.8) is 0 Å². The summed E-state index contributed by atoms with van der Waals surface area (Å²) >= 11 is 0. The Morgan fingerprint density at radius 2 is 1.50 bits per heavy atom. The number of hydrogen-bond donors (Lipinski definition) is 1. The zero-order valence-corrected chi connectivity index (χ0v) is 16.7. The first-order valence-corrected chi connectivity index (χ1v) is 8.65. The van der Waals surface area contributed by atoms with E-state index in [0.29, 0.717) is 0 Å². The predicted molar refractivity (Wildman–Crippen MR) is 94.1 cm³/mol. The molecule has 30 heavy (non-hydrogen) atoms. The second-order valence-electron chi connectivity index (χ2n) is 6.09. The van der Waals surface area contributed by atoms with Crippen LogP contribution in [0.15, 0.2) is 5.11 Å². The lowest BCUT2D eigenvalue weighted by atomic mass is 9.96. The van der Waals surface area contributed by atoms with Crippen molar-refractivity contribution in [1.82, 2.24) is 5.32 Å². The van der Waals surface area contributed by atoms with Crippen LogP contribution in [-0.4, -0.2) is 73.6 Å². The molecule has 0 unspecified atom stereocenters. The number of nitrogens with one attached hydrogen (secondary N) is 1. The van der Waals surface area contributed by atoms with Crippen LogP contribution in [0.5, 0.6) is 0 Å². The Balaban J connectivity index is 3.33. The maximum atomic E-state index is 12.1. The smallest absolute Gasteiger partial charge is 0.305 e. The first kappa shape index (κ1) is 24.7. The van der Waals surface area contributed by atoms with Gasteiger partial charge >= 0.3 is 23.9 Å². The molecule has 1 N–H and O–H groups in total. The predicted octanol–water partition coefficient (Wildman–Crippen LogP) is -0.504. The van der Waals surface area contributed by atoms with Crippen molar-refractivity contribution in [3.8, 4) is 0 Å². The molecule has 0 aliphatic carbocycles. The van der Waals surface area contributed by atoms with Gasteiger partial charge in [-0.15, -0.1) is 0 Å². The fourth-order valence-corrected chi connectivity index (χ4v) is 2.65. The van der Waals surface area contributed by atoms with Crippen LogP contribution in [0.1, 0.15) is 27.7 Å². The first-order chi connectivity index (χ1) is 14.0. The van der Waals surface area contributed by atoms with E-state index < -0.39 is 73.6 Å². The van der Waals surface area contributed by atoms with Crippen molar-refractivity contribution < 1.29 is 47.7 Å². The molecule has 0 aromatic carbocycles. The van der Waals surface area contributed by atoms with Gasteiger partial charge in [0.2, 0.25) is 12.2 Å². The molecule has 0 bridgehead atoms. The Hall–Kier alpha value is -3.38. The highest BCUT2D eigenvalue weighted by Crippen LogP contribution is 2.28. The molecule has 1 saturated heterocycles. The van der Waals surface area contributed by atoms with Crippen LogP contribution >= 0.6 is 0 Å². The van der Waals surface area contributed by atoms with E-state index in [1.165, 1.54) is 0 Å². The Kier molecular flexibility index (Phi) is 9.52. The van der Waals surface area contributed by atoms with Gasteiger partial charge in [-0.1, -0.05) is 5.11 Å². The molecule has 0 radical (unpaired) electrons. The van der Waals surface area contributed by atoms with Crippen molar-refractivity contribution in [2.24, 2.45) is 5.11 Å². The third-order valence-electron chi connectivity index (χ3n) is 3.59. The molecule has 1 aliphatic rings. The monoisotopic (exact) mass is 430 g/mol. The highest BCUT2D eigenvalue weighted by atomic mass is 16.7. The Bertz CT molecular complexity index is 736. The fourth-order valence-electron chi connectivity index (χ4n) is 2.65. The Morgan fingerprint density at radius 3 is 2.00 bits per heavy atom. The van der Waals surface area contributed by atoms with Gasteiger partial charge in [0, 0.05) is 32.6 Å². The van der Waals surface area contributed by atoms with Crippen molar-refractivity contribution >= 4 is 29.8 Å². The molecule has 1 fully saturated rings. The number of nitrogens with zero attached hydrogens (tertiary/aromatic N) is 3. The third-order valence-corrected chi connectivity index (χ3v) is 3.59. The molecule has 0 aromatic heterocycles. The summed E-state index contributed by atoms with van der Waals surface area (Å²) in [6, 6.07) is -1.34. The van der Waals surface area contributed by atoms with E-state index in [2.05, 4.69) is 15.3 Å². The van der Waals surface area contributed by atoms with Gasteiger partial charge in [-0.25, -0.2) is 0 Å². The van der Waals surface area contributed by atoms with E-state index in [4.69, 9.17) is 29.2 Å². The summed E-state index contributed by atoms with van der Waals surface area (Å²) in [5, 5.41) is 5.48. The van der Waals surface area contributed by atoms with Crippen LogP contribution in [0.2, 0.25) is 0 Å². The summed E-state index contributed by atoms with van der Waals surface area (Å²) in [7, 11) is 0. The van der Waals surface area contributed by atoms with Gasteiger partial charge < -0.3 is 29.0 Å². The van der Waals surface area contributed by atoms with E-state index in [9.17, 15) is 24.0 Å². The second kappa shape index (κ2) is 11.6. The molecule has 14 nitrogen and oxygen atoms in total. The van der Waals surface area contributed by atoms with Gasteiger partial charge in [0.25, 0.3) is 0 Å². The number of carbonyl (C=O) groups excluding carboxylic acids is 5. The van der Waals surface area contributed by atoms with E-state index in [-0.39, 0.29) is 0 Å². The lowest BCUT2D eigenvalue weighted by Gasteiger charge is -2.44. The molecule has 1 heterocycles. The normalized spacial score (nSPS) is 25.1. The summed E-state index contributed by atoms with van der Waals surface area (Å²) < 4.78 is 25.9. The van der Waals surface area contributed by atoms with Crippen LogP contribution in [0.25, 0.3) is 10.4 Å². The maximum Gasteiger partial charge on any atom is 0.305 e. The number of azide groups is 1. The van der Waals surface area contributed by atoms with Crippen molar-refractivity contribution in [3.05, 3.63) is 10.4 Å². The van der Waals surface area contributed by atoms with Gasteiger partial charge in [-0.05, 0) is 5.53 Å². The number of amides is 1. The lowest BCUT2D eigenvalue weighted by Crippen LogP contribution is -2.67. The molecule has 0 saturated carbocycles. The standard InChI is InChI=1S/C16H22N4O10/c1-7(21)26-6-11-14(27-8(2)22)15(28-9(3)23)13(16(30-11)29-10(4)24)19-12(25)5-18-20-17/h11,13-16H,5-6H2,1-4H3,(H,19,25)/t11-,13-,14+,15+,16+/m0/s1. The molecule has 1 amide bonds. The molecular formula is C16H22N4O10. The number of hydrogen-bond acceptors (Lipinski definition) is 11. The minimum atomic E-state index is -1.51. The first-order valence-electron chi connectivity index (χ1n) is 8.65. The minimum Gasteiger partial charge on any atom is -0.463 e. The summed E-state index contributed by atoms with van der Waals surface area (Å²) in [5.74, 6) is -3.86. The zero-order valence-electron chi connectivity index (χ0n) is 16.7. The molecular weight excluding hydrogens is 408 g/mol. The van der Waals surface area contributed by atoms with E-state index in [1.807, 2.05) is 0 Å². The summed E-state index contributed by atoms with van der Waals surface area (Å²) in [4.78, 5) is 60.5. The van der Waals surface area contributed by atoms with Crippen LogP contribution < -0.4 is 5.32 Å². The summed E-state index contributed by atoms with van der Waals surface area (Å²) in [5.41, 5.74) is 8.36. The number of carbonyl (C=O) groups is 5.